The van der Waals surface area contributed by atoms with Crippen molar-refractivity contribution in [1.82, 2.24) is 73.4 Å². The van der Waals surface area contributed by atoms with Crippen LogP contribution in [0.2, 0.25) is 0 Å². The predicted molar refractivity (Wildman–Crippen MR) is 357 cm³/mol. The van der Waals surface area contributed by atoms with Crippen LogP contribution in [0.3, 0.4) is 0 Å². The molecule has 0 saturated carbocycles. The van der Waals surface area contributed by atoms with Crippen LogP contribution in [-0.2, 0) is 78.3 Å². The van der Waals surface area contributed by atoms with E-state index < -0.39 is 206 Å². The highest BCUT2D eigenvalue weighted by atomic mass is 16.4. The summed E-state index contributed by atoms with van der Waals surface area (Å²) >= 11 is 0. The number of nitrogens with one attached hydrogen (secondary N) is 12. The number of aliphatic imine (C=N–C) groups is 1. The molecule has 13 atom stereocenters. The smallest absolute Gasteiger partial charge is 0.326 e. The molecule has 0 radical (unpaired) electrons. The van der Waals surface area contributed by atoms with Gasteiger partial charge in [-0.3, -0.25) is 72.1 Å². The minimum absolute atomic E-state index is 0.0121. The second kappa shape index (κ2) is 45.1. The molecule has 1 fully saturated rings. The van der Waals surface area contributed by atoms with E-state index in [1.807, 2.05) is 0 Å². The molecule has 0 bridgehead atoms. The number of nitrogens with zero attached hydrogens (tertiary/aromatic N) is 3. The lowest BCUT2D eigenvalue weighted by atomic mass is 10.0. The van der Waals surface area contributed by atoms with Gasteiger partial charge in [0.15, 0.2) is 5.96 Å². The number of hydrogen-bond donors (Lipinski definition) is 23. The van der Waals surface area contributed by atoms with Crippen LogP contribution in [0.1, 0.15) is 124 Å². The van der Waals surface area contributed by atoms with Crippen LogP contribution in [0.5, 0.6) is 0 Å². The van der Waals surface area contributed by atoms with E-state index >= 15 is 0 Å². The molecule has 1 aliphatic heterocycles. The second-order valence-corrected chi connectivity index (χ2v) is 24.9. The summed E-state index contributed by atoms with van der Waals surface area (Å²) in [4.78, 5) is 213. The number of H-pyrrole nitrogens is 1. The van der Waals surface area contributed by atoms with Gasteiger partial charge in [0.05, 0.1) is 45.0 Å². The number of aliphatic hydroxyl groups excluding tert-OH is 3. The Labute approximate surface area is 582 Å². The number of rotatable bonds is 48. The number of aromatic nitrogens is 2. The molecule has 1 aromatic heterocycles. The average Bonchev–Trinajstić information content (AvgIpc) is 1.78. The molecule has 0 unspecified atom stereocenters. The van der Waals surface area contributed by atoms with Crippen LogP contribution >= 0.6 is 0 Å². The topological polar surface area (TPSA) is 690 Å². The first kappa shape index (κ1) is 87.4. The summed E-state index contributed by atoms with van der Waals surface area (Å²) in [5, 5.41) is 76.6. The van der Waals surface area contributed by atoms with Gasteiger partial charge in [-0.15, -0.1) is 0 Å². The molecule has 41 nitrogen and oxygen atoms in total. The van der Waals surface area contributed by atoms with Gasteiger partial charge in [0, 0.05) is 31.4 Å². The number of primary amides is 1. The standard InChI is InChI=1S/C60H103N21O20/c1-29(2)20-36(50(91)77-40(26-82)54(95)76-38(22-43(64)85)52(93)79-46(30(3)4)56(97)72-33(12-6-8-16-61)48(89)73-35(59(100)101)13-7-9-17-62)74-51(92)37(21-32-25-67-28-69-32)75-49(90)34(14-10-18-68-60(65)66)71-55(96)42-15-11-19-81(42)58(99)41(27-83)78-57(98)47(31(5)84)80-53(94)39(23-45(87)88)70-44(86)24-63/h25,28-31,33-42,46-47,82-84H,6-24,26-27,61-63H2,1-5H3,(H2,64,85)(H,67,69)(H,70,86)(H,71,96)(H,72,97)(H,73,89)(H,74,92)(H,75,90)(H,76,95)(H,77,91)(H,78,98)(H,79,93)(H,80,94)(H,87,88)(H,100,101)(H4,65,66,68)/t31-,33+,34+,35+,36+,37+,38+,39+,40+,41+,42+,46+,47+/m1/s1. The molecule has 29 N–H and O–H groups in total. The monoisotopic (exact) mass is 1440 g/mol. The van der Waals surface area contributed by atoms with Gasteiger partial charge in [-0.1, -0.05) is 27.7 Å². The zero-order chi connectivity index (χ0) is 76.2. The van der Waals surface area contributed by atoms with Gasteiger partial charge in [-0.25, -0.2) is 9.78 Å². The molecule has 1 saturated heterocycles. The van der Waals surface area contributed by atoms with E-state index in [-0.39, 0.29) is 95.1 Å². The highest BCUT2D eigenvalue weighted by Crippen LogP contribution is 2.20. The lowest BCUT2D eigenvalue weighted by molar-refractivity contribution is -0.144. The fourth-order valence-corrected chi connectivity index (χ4v) is 10.3. The quantitative estimate of drug-likeness (QED) is 0.0164. The van der Waals surface area contributed by atoms with Crippen LogP contribution in [0, 0.1) is 11.8 Å². The van der Waals surface area contributed by atoms with Crippen LogP contribution < -0.4 is 92.9 Å². The number of aromatic amines is 1. The Bertz CT molecular complexity index is 2990. The number of carbonyl (C=O) groups is 15. The van der Waals surface area contributed by atoms with Crippen molar-refractivity contribution in [2.45, 2.75) is 203 Å². The maximum Gasteiger partial charge on any atom is 0.326 e. The van der Waals surface area contributed by atoms with Gasteiger partial charge in [-0.2, -0.15) is 0 Å². The Morgan fingerprint density at radius 2 is 1.04 bits per heavy atom. The van der Waals surface area contributed by atoms with Crippen molar-refractivity contribution in [3.63, 3.8) is 0 Å². The molecule has 0 aliphatic carbocycles. The van der Waals surface area contributed by atoms with Gasteiger partial charge >= 0.3 is 11.9 Å². The Hall–Kier alpha value is -9.71. The van der Waals surface area contributed by atoms with E-state index in [9.17, 15) is 97.5 Å². The number of likely N-dealkylation sites (tertiary alicyclic amines) is 1. The lowest BCUT2D eigenvalue weighted by Crippen LogP contribution is -2.62. The van der Waals surface area contributed by atoms with E-state index in [4.69, 9.17) is 34.4 Å². The SMILES string of the molecule is CC(C)C[C@H](NC(=O)[C@H](Cc1cnc[nH]1)NC(=O)[C@H](CCCN=C(N)N)NC(=O)[C@@H]1CCCN1C(=O)[C@H](CO)NC(=O)[C@@H](NC(=O)[C@H](CC(=O)O)NC(=O)CN)[C@@H](C)O)C(=O)N[C@@H](CO)C(=O)N[C@@H](CC(N)=O)C(=O)N[C@H](C(=O)N[C@@H](CCCCN)C(=O)N[C@@H](CCCCN)C(=O)O)C(C)C. The second-order valence-electron chi connectivity index (χ2n) is 24.9. The molecule has 0 spiro atoms. The Kier molecular flexibility index (Phi) is 39.0. The molecule has 1 aromatic rings. The number of hydrogen-bond acceptors (Lipinski definition) is 23. The minimum atomic E-state index is -1.91. The number of aliphatic carboxylic acids is 2. The van der Waals surface area contributed by atoms with Gasteiger partial charge in [-0.05, 0) is 102 Å². The van der Waals surface area contributed by atoms with Crippen molar-refractivity contribution in [1.29, 1.82) is 0 Å². The van der Waals surface area contributed by atoms with Gasteiger partial charge in [0.1, 0.15) is 72.5 Å². The maximum absolute atomic E-state index is 14.5. The maximum atomic E-state index is 14.5. The van der Waals surface area contributed by atoms with Gasteiger partial charge in [0.2, 0.25) is 76.8 Å². The molecule has 2 rings (SSSR count). The van der Waals surface area contributed by atoms with E-state index in [0.29, 0.717) is 25.7 Å². The number of nitrogens with two attached hydrogens (primary N) is 6. The summed E-state index contributed by atoms with van der Waals surface area (Å²) in [6.07, 6.45) is 0.148. The van der Waals surface area contributed by atoms with E-state index in [1.54, 1.807) is 13.8 Å². The number of imidazole rings is 1. The fourth-order valence-electron chi connectivity index (χ4n) is 10.3. The zero-order valence-corrected chi connectivity index (χ0v) is 57.3. The predicted octanol–water partition coefficient (Wildman–Crippen LogP) is -9.95. The third-order valence-electron chi connectivity index (χ3n) is 15.7. The van der Waals surface area contributed by atoms with Crippen LogP contribution in [0.25, 0.3) is 0 Å². The first-order valence-corrected chi connectivity index (χ1v) is 33.0. The third kappa shape index (κ3) is 31.2. The Balaban J connectivity index is 2.44. The van der Waals surface area contributed by atoms with Crippen molar-refractivity contribution in [2.24, 2.45) is 51.2 Å². The van der Waals surface area contributed by atoms with E-state index in [2.05, 4.69) is 73.4 Å². The molecule has 13 amide bonds. The third-order valence-corrected chi connectivity index (χ3v) is 15.7. The van der Waals surface area contributed by atoms with Crippen molar-refractivity contribution < 1.29 is 97.5 Å². The first-order valence-electron chi connectivity index (χ1n) is 33.0. The molecule has 1 aliphatic rings. The summed E-state index contributed by atoms with van der Waals surface area (Å²) in [5.74, 6) is -18.0. The number of carbonyl (C=O) groups excluding carboxylic acids is 13. The summed E-state index contributed by atoms with van der Waals surface area (Å²) in [7, 11) is 0. The average molecular weight is 1440 g/mol. The molecule has 568 valence electrons. The van der Waals surface area contributed by atoms with Crippen LogP contribution in [-0.4, -0.2) is 260 Å². The minimum Gasteiger partial charge on any atom is -0.481 e. The molecule has 41 heteroatoms. The number of carboxylic acids is 2. The molecular weight excluding hydrogens is 1330 g/mol. The summed E-state index contributed by atoms with van der Waals surface area (Å²) < 4.78 is 0. The normalized spacial score (nSPS) is 16.2. The van der Waals surface area contributed by atoms with Crippen molar-refractivity contribution in [3.05, 3.63) is 18.2 Å². The number of carboxylic acid groups (broad SMARTS) is 2. The number of amides is 13. The highest BCUT2D eigenvalue weighted by molar-refractivity contribution is 6.01. The molecular formula is C60H103N21O20. The largest absolute Gasteiger partial charge is 0.481 e. The number of aliphatic hydroxyl groups is 3. The summed E-state index contributed by atoms with van der Waals surface area (Å²) in [5.41, 5.74) is 33.3. The van der Waals surface area contributed by atoms with Crippen molar-refractivity contribution >= 4 is 94.7 Å². The van der Waals surface area contributed by atoms with Crippen LogP contribution in [0.4, 0.5) is 0 Å². The van der Waals surface area contributed by atoms with E-state index in [0.717, 1.165) is 11.8 Å². The Morgan fingerprint density at radius 3 is 1.55 bits per heavy atom. The van der Waals surface area contributed by atoms with Gasteiger partial charge < -0.3 is 128 Å². The highest BCUT2D eigenvalue weighted by Gasteiger charge is 2.42. The molecule has 2 heterocycles. The zero-order valence-electron chi connectivity index (χ0n) is 57.3. The van der Waals surface area contributed by atoms with Crippen molar-refractivity contribution in [2.75, 3.05) is 45.9 Å². The molecule has 0 aromatic carbocycles. The fraction of sp³-hybridized carbons (Fsp3) is 0.683. The Morgan fingerprint density at radius 1 is 0.564 bits per heavy atom. The summed E-state index contributed by atoms with van der Waals surface area (Å²) in [6.45, 7) is 4.90. The van der Waals surface area contributed by atoms with Crippen molar-refractivity contribution in [3.8, 4) is 0 Å². The van der Waals surface area contributed by atoms with Crippen LogP contribution in [0.15, 0.2) is 17.5 Å². The number of unbranched alkanes of at least 4 members (excludes halogenated alkanes) is 2. The first-order chi connectivity index (χ1) is 47.6. The summed E-state index contributed by atoms with van der Waals surface area (Å²) in [6, 6.07) is -19.4. The van der Waals surface area contributed by atoms with Gasteiger partial charge in [0.25, 0.3) is 0 Å². The number of guanidine groups is 1. The van der Waals surface area contributed by atoms with E-state index in [1.165, 1.54) is 26.4 Å². The molecule has 101 heavy (non-hydrogen) atoms. The lowest BCUT2D eigenvalue weighted by Gasteiger charge is -2.31.